The Bertz CT molecular complexity index is 656. The molecule has 156 valence electrons. The number of likely N-dealkylation sites (tertiary alicyclic amines) is 1. The number of carbonyl (C=O) groups is 2. The zero-order chi connectivity index (χ0) is 19.9. The van der Waals surface area contributed by atoms with Gasteiger partial charge in [-0.15, -0.1) is 0 Å². The van der Waals surface area contributed by atoms with E-state index in [9.17, 15) is 9.59 Å². The Morgan fingerprint density at radius 2 is 1.93 bits per heavy atom. The summed E-state index contributed by atoms with van der Waals surface area (Å²) in [5, 5.41) is 21.8. The smallest absolute Gasteiger partial charge is 0.254 e. The van der Waals surface area contributed by atoms with Crippen molar-refractivity contribution in [3.05, 3.63) is 17.5 Å². The van der Waals surface area contributed by atoms with Crippen LogP contribution in [0, 0.1) is 0 Å². The second-order valence-corrected chi connectivity index (χ2v) is 8.07. The number of aliphatic hydroxyl groups is 1. The number of nitrogens with zero attached hydrogens (tertiary/aromatic N) is 2. The largest absolute Gasteiger partial charge is 0.395 e. The van der Waals surface area contributed by atoms with Crippen molar-refractivity contribution in [1.82, 2.24) is 25.7 Å². The van der Waals surface area contributed by atoms with Crippen molar-refractivity contribution in [2.75, 3.05) is 26.7 Å². The normalized spacial score (nSPS) is 23.6. The van der Waals surface area contributed by atoms with Crippen molar-refractivity contribution >= 4 is 11.8 Å². The quantitative estimate of drug-likeness (QED) is 0.531. The minimum atomic E-state index is -0.0631. The van der Waals surface area contributed by atoms with Crippen LogP contribution in [0.15, 0.2) is 6.20 Å². The molecule has 8 nitrogen and oxygen atoms in total. The first-order valence-electron chi connectivity index (χ1n) is 10.5. The van der Waals surface area contributed by atoms with E-state index < -0.39 is 0 Å². The van der Waals surface area contributed by atoms with Gasteiger partial charge in [-0.3, -0.25) is 19.6 Å². The van der Waals surface area contributed by atoms with E-state index >= 15 is 0 Å². The number of aromatic amines is 1. The fourth-order valence-electron chi connectivity index (χ4n) is 4.55. The molecular weight excluding hydrogens is 358 g/mol. The van der Waals surface area contributed by atoms with Gasteiger partial charge in [0.1, 0.15) is 0 Å². The standard InChI is InChI=1S/C20H33N5O3/c1-25-15(11-18(27)21-9-10-26)7-8-16(25)12-22-20(28)17-13-23-24-19(17)14-5-3-2-4-6-14/h13-16,26H,2-12H2,1H3,(H,21,27)(H,22,28)(H,23,24)/t15-,16+/m1/s1. The molecule has 1 saturated carbocycles. The number of aliphatic hydroxyl groups excluding tert-OH is 1. The Kier molecular flexibility index (Phi) is 7.44. The van der Waals surface area contributed by atoms with Crippen LogP contribution in [0.1, 0.15) is 73.3 Å². The van der Waals surface area contributed by atoms with E-state index in [0.29, 0.717) is 31.0 Å². The second kappa shape index (κ2) is 10.0. The molecule has 1 aliphatic carbocycles. The molecular formula is C20H33N5O3. The first-order valence-corrected chi connectivity index (χ1v) is 10.5. The highest BCUT2D eigenvalue weighted by atomic mass is 16.3. The average Bonchev–Trinajstić information content (AvgIpc) is 3.33. The summed E-state index contributed by atoms with van der Waals surface area (Å²) in [5.41, 5.74) is 1.66. The number of amides is 2. The third kappa shape index (κ3) is 5.11. The molecule has 1 aromatic rings. The predicted octanol–water partition coefficient (Wildman–Crippen LogP) is 1.15. The third-order valence-electron chi connectivity index (χ3n) is 6.27. The Morgan fingerprint density at radius 3 is 2.68 bits per heavy atom. The Hall–Kier alpha value is -1.93. The van der Waals surface area contributed by atoms with Gasteiger partial charge in [-0.2, -0.15) is 5.10 Å². The lowest BCUT2D eigenvalue weighted by molar-refractivity contribution is -0.122. The maximum Gasteiger partial charge on any atom is 0.254 e. The fourth-order valence-corrected chi connectivity index (χ4v) is 4.55. The zero-order valence-corrected chi connectivity index (χ0v) is 16.7. The highest BCUT2D eigenvalue weighted by Gasteiger charge is 2.32. The first-order chi connectivity index (χ1) is 13.6. The predicted molar refractivity (Wildman–Crippen MR) is 106 cm³/mol. The number of carbonyl (C=O) groups excluding carboxylic acids is 2. The van der Waals surface area contributed by atoms with Crippen molar-refractivity contribution in [1.29, 1.82) is 0 Å². The van der Waals surface area contributed by atoms with E-state index in [0.717, 1.165) is 31.4 Å². The number of rotatable bonds is 8. The van der Waals surface area contributed by atoms with Gasteiger partial charge in [0.2, 0.25) is 5.91 Å². The van der Waals surface area contributed by atoms with Crippen LogP contribution in [0.3, 0.4) is 0 Å². The van der Waals surface area contributed by atoms with Gasteiger partial charge in [-0.05, 0) is 32.7 Å². The highest BCUT2D eigenvalue weighted by Crippen LogP contribution is 2.33. The molecule has 0 bridgehead atoms. The average molecular weight is 392 g/mol. The van der Waals surface area contributed by atoms with Gasteiger partial charge in [0.15, 0.2) is 0 Å². The highest BCUT2D eigenvalue weighted by molar-refractivity contribution is 5.95. The summed E-state index contributed by atoms with van der Waals surface area (Å²) in [6.07, 6.45) is 9.90. The van der Waals surface area contributed by atoms with Crippen LogP contribution < -0.4 is 10.6 Å². The topological polar surface area (TPSA) is 110 Å². The van der Waals surface area contributed by atoms with Crippen molar-refractivity contribution in [3.8, 4) is 0 Å². The summed E-state index contributed by atoms with van der Waals surface area (Å²) in [6, 6.07) is 0.400. The van der Waals surface area contributed by atoms with Crippen LogP contribution in [-0.4, -0.2) is 70.8 Å². The third-order valence-corrected chi connectivity index (χ3v) is 6.27. The SMILES string of the molecule is CN1[C@@H](CC(=O)NCCO)CC[C@H]1CNC(=O)c1cn[nH]c1C1CCCCC1. The minimum Gasteiger partial charge on any atom is -0.395 e. The molecule has 2 atom stereocenters. The van der Waals surface area contributed by atoms with Gasteiger partial charge in [-0.25, -0.2) is 0 Å². The molecule has 2 heterocycles. The molecule has 2 fully saturated rings. The summed E-state index contributed by atoms with van der Waals surface area (Å²) in [4.78, 5) is 26.8. The lowest BCUT2D eigenvalue weighted by Crippen LogP contribution is -2.42. The van der Waals surface area contributed by atoms with E-state index in [1.165, 1.54) is 19.3 Å². The van der Waals surface area contributed by atoms with E-state index in [2.05, 4.69) is 25.7 Å². The van der Waals surface area contributed by atoms with Crippen molar-refractivity contribution in [2.45, 2.75) is 69.4 Å². The monoisotopic (exact) mass is 391 g/mol. The van der Waals surface area contributed by atoms with E-state index in [-0.39, 0.29) is 30.5 Å². The molecule has 1 aliphatic heterocycles. The summed E-state index contributed by atoms with van der Waals surface area (Å²) in [6.45, 7) is 0.819. The number of nitrogens with one attached hydrogen (secondary N) is 3. The zero-order valence-electron chi connectivity index (χ0n) is 16.7. The molecule has 0 aromatic carbocycles. The minimum absolute atomic E-state index is 0.0360. The summed E-state index contributed by atoms with van der Waals surface area (Å²) in [5.74, 6) is 0.311. The second-order valence-electron chi connectivity index (χ2n) is 8.07. The van der Waals surface area contributed by atoms with Crippen LogP contribution in [0.5, 0.6) is 0 Å². The van der Waals surface area contributed by atoms with Crippen LogP contribution in [0.25, 0.3) is 0 Å². The maximum atomic E-state index is 12.7. The summed E-state index contributed by atoms with van der Waals surface area (Å²) >= 11 is 0. The Labute approximate surface area is 166 Å². The van der Waals surface area contributed by atoms with E-state index in [4.69, 9.17) is 5.11 Å². The molecule has 1 saturated heterocycles. The lowest BCUT2D eigenvalue weighted by atomic mass is 9.85. The summed E-state index contributed by atoms with van der Waals surface area (Å²) < 4.78 is 0. The Balaban J connectivity index is 1.49. The van der Waals surface area contributed by atoms with Gasteiger partial charge >= 0.3 is 0 Å². The van der Waals surface area contributed by atoms with Crippen LogP contribution >= 0.6 is 0 Å². The number of H-pyrrole nitrogens is 1. The van der Waals surface area contributed by atoms with Crippen LogP contribution in [-0.2, 0) is 4.79 Å². The molecule has 0 unspecified atom stereocenters. The molecule has 28 heavy (non-hydrogen) atoms. The molecule has 0 radical (unpaired) electrons. The van der Waals surface area contributed by atoms with Crippen molar-refractivity contribution < 1.29 is 14.7 Å². The van der Waals surface area contributed by atoms with Gasteiger partial charge in [0.25, 0.3) is 5.91 Å². The van der Waals surface area contributed by atoms with Crippen LogP contribution in [0.4, 0.5) is 0 Å². The van der Waals surface area contributed by atoms with Gasteiger partial charge in [0.05, 0.1) is 24.1 Å². The van der Waals surface area contributed by atoms with Gasteiger partial charge in [0, 0.05) is 37.5 Å². The molecule has 8 heteroatoms. The molecule has 4 N–H and O–H groups in total. The van der Waals surface area contributed by atoms with Crippen molar-refractivity contribution in [2.24, 2.45) is 0 Å². The molecule has 0 spiro atoms. The van der Waals surface area contributed by atoms with E-state index in [1.54, 1.807) is 6.20 Å². The number of aromatic nitrogens is 2. The summed E-state index contributed by atoms with van der Waals surface area (Å²) in [7, 11) is 2.01. The molecule has 2 amide bonds. The number of hydrogen-bond donors (Lipinski definition) is 4. The van der Waals surface area contributed by atoms with Crippen LogP contribution in [0.2, 0.25) is 0 Å². The molecule has 2 aliphatic rings. The van der Waals surface area contributed by atoms with E-state index in [1.807, 2.05) is 7.05 Å². The molecule has 3 rings (SSSR count). The van der Waals surface area contributed by atoms with Gasteiger partial charge < -0.3 is 15.7 Å². The first kappa shape index (κ1) is 20.8. The fraction of sp³-hybridized carbons (Fsp3) is 0.750. The lowest BCUT2D eigenvalue weighted by Gasteiger charge is -2.26. The molecule has 1 aromatic heterocycles. The maximum absolute atomic E-state index is 12.7. The van der Waals surface area contributed by atoms with Crippen molar-refractivity contribution in [3.63, 3.8) is 0 Å². The van der Waals surface area contributed by atoms with Gasteiger partial charge in [-0.1, -0.05) is 19.3 Å². The number of hydrogen-bond acceptors (Lipinski definition) is 5. The Morgan fingerprint density at radius 1 is 1.18 bits per heavy atom. The number of likely N-dealkylation sites (N-methyl/N-ethyl adjacent to an activating group) is 1.